The molecule has 0 bridgehead atoms. The maximum Gasteiger partial charge on any atom is 0.333 e. The maximum atomic E-state index is 13.8. The van der Waals surface area contributed by atoms with Gasteiger partial charge in [-0.2, -0.15) is 0 Å². The quantitative estimate of drug-likeness (QED) is 0.414. The molecule has 0 unspecified atom stereocenters. The van der Waals surface area contributed by atoms with Gasteiger partial charge in [-0.05, 0) is 36.7 Å². The van der Waals surface area contributed by atoms with Gasteiger partial charge in [-0.3, -0.25) is 43.2 Å². The number of rotatable bonds is 3. The second kappa shape index (κ2) is 9.19. The number of likely N-dealkylation sites (N-methyl/N-ethyl adjacent to an activating group) is 1. The second-order valence-electron chi connectivity index (χ2n) is 10.3. The van der Waals surface area contributed by atoms with E-state index in [9.17, 15) is 29.1 Å². The predicted molar refractivity (Wildman–Crippen MR) is 143 cm³/mol. The number of carbonyl (C=O) groups is 3. The number of nitrogens with zero attached hydrogens (tertiary/aromatic N) is 7. The topological polar surface area (TPSA) is 141 Å². The number of barbiturate groups is 1. The highest BCUT2D eigenvalue weighted by Gasteiger charge is 2.63. The van der Waals surface area contributed by atoms with E-state index in [0.717, 1.165) is 37.7 Å². The first-order valence-electron chi connectivity index (χ1n) is 12.7. The van der Waals surface area contributed by atoms with Gasteiger partial charge in [0, 0.05) is 59.7 Å². The van der Waals surface area contributed by atoms with Crippen molar-refractivity contribution in [2.24, 2.45) is 24.5 Å². The number of hydrogen-bond donors (Lipinski definition) is 1. The summed E-state index contributed by atoms with van der Waals surface area (Å²) in [6.07, 6.45) is 1.27. The van der Waals surface area contributed by atoms with Crippen LogP contribution in [0.4, 0.5) is 16.2 Å². The zero-order chi connectivity index (χ0) is 28.4. The van der Waals surface area contributed by atoms with Gasteiger partial charge in [-0.1, -0.05) is 6.92 Å². The third-order valence-corrected chi connectivity index (χ3v) is 8.28. The first kappa shape index (κ1) is 26.4. The van der Waals surface area contributed by atoms with Crippen LogP contribution in [0, 0.1) is 5.41 Å². The van der Waals surface area contributed by atoms with Gasteiger partial charge in [-0.25, -0.2) is 9.59 Å². The zero-order valence-corrected chi connectivity index (χ0v) is 22.5. The standard InChI is InChI=1S/C26H31N7O6/c1-6-32-9-10-33-18-8-7-16(27-13-17-20(34)28(2)24(38)29(3)21(17)35)11-15(18)12-26(19(33)14-32)22(36)30(4)25(39)31(5)23(26)37/h7-8,11,13,19,34H,6,9-10,12,14H2,1-5H3/t19-/m0/s1. The molecule has 1 atom stereocenters. The number of aromatic hydroxyl groups is 1. The molecule has 13 nitrogen and oxygen atoms in total. The molecule has 3 aliphatic heterocycles. The number of amides is 4. The van der Waals surface area contributed by atoms with Gasteiger partial charge in [0.2, 0.25) is 17.7 Å². The summed E-state index contributed by atoms with van der Waals surface area (Å²) in [5.74, 6) is -1.56. The molecule has 2 aromatic rings. The Morgan fingerprint density at radius 1 is 1.00 bits per heavy atom. The van der Waals surface area contributed by atoms with Gasteiger partial charge in [-0.15, -0.1) is 0 Å². The number of benzene rings is 1. The molecule has 1 aromatic carbocycles. The molecule has 1 aromatic heterocycles. The lowest BCUT2D eigenvalue weighted by molar-refractivity contribution is -0.160. The lowest BCUT2D eigenvalue weighted by Gasteiger charge is -2.56. The fourth-order valence-corrected chi connectivity index (χ4v) is 5.97. The molecule has 1 N–H and O–H groups in total. The van der Waals surface area contributed by atoms with Crippen molar-refractivity contribution in [2.45, 2.75) is 19.4 Å². The number of fused-ring (bicyclic) bond motifs is 4. The normalized spacial score (nSPS) is 21.2. The third-order valence-electron chi connectivity index (χ3n) is 8.28. The molecule has 0 saturated carbocycles. The summed E-state index contributed by atoms with van der Waals surface area (Å²) >= 11 is 0. The summed E-state index contributed by atoms with van der Waals surface area (Å²) in [6, 6.07) is 4.26. The molecule has 4 heterocycles. The van der Waals surface area contributed by atoms with E-state index in [4.69, 9.17) is 0 Å². The Bertz CT molecular complexity index is 1530. The van der Waals surface area contributed by atoms with Gasteiger partial charge in [0.1, 0.15) is 5.56 Å². The van der Waals surface area contributed by atoms with E-state index < -0.39 is 46.4 Å². The minimum atomic E-state index is -1.49. The molecule has 206 valence electrons. The van der Waals surface area contributed by atoms with Crippen molar-refractivity contribution in [1.29, 1.82) is 0 Å². The van der Waals surface area contributed by atoms with Crippen LogP contribution in [0.3, 0.4) is 0 Å². The average molecular weight is 538 g/mol. The lowest BCUT2D eigenvalue weighted by atomic mass is 9.67. The molecule has 39 heavy (non-hydrogen) atoms. The number of piperazine rings is 1. The van der Waals surface area contributed by atoms with Crippen LogP contribution in [0.25, 0.3) is 0 Å². The van der Waals surface area contributed by atoms with Crippen LogP contribution in [0.1, 0.15) is 18.1 Å². The Morgan fingerprint density at radius 3 is 2.31 bits per heavy atom. The summed E-state index contributed by atoms with van der Waals surface area (Å²) in [7, 11) is 5.46. The number of carbonyl (C=O) groups excluding carboxylic acids is 3. The van der Waals surface area contributed by atoms with Crippen LogP contribution in [0.15, 0.2) is 32.8 Å². The fourth-order valence-electron chi connectivity index (χ4n) is 5.97. The van der Waals surface area contributed by atoms with E-state index in [1.807, 2.05) is 13.0 Å². The van der Waals surface area contributed by atoms with Crippen LogP contribution >= 0.6 is 0 Å². The number of aromatic nitrogens is 2. The van der Waals surface area contributed by atoms with E-state index in [2.05, 4.69) is 14.8 Å². The highest BCUT2D eigenvalue weighted by atomic mass is 16.3. The molecule has 0 aliphatic carbocycles. The largest absolute Gasteiger partial charge is 0.494 e. The Hall–Kier alpha value is -4.26. The van der Waals surface area contributed by atoms with Gasteiger partial charge < -0.3 is 10.0 Å². The molecular weight excluding hydrogens is 506 g/mol. The molecule has 5 rings (SSSR count). The average Bonchev–Trinajstić information content (AvgIpc) is 2.95. The van der Waals surface area contributed by atoms with Crippen LogP contribution < -0.4 is 16.1 Å². The first-order valence-corrected chi connectivity index (χ1v) is 12.7. The fraction of sp³-hybridized carbons (Fsp3) is 0.462. The van der Waals surface area contributed by atoms with Crippen LogP contribution in [0.5, 0.6) is 5.88 Å². The third kappa shape index (κ3) is 3.71. The van der Waals surface area contributed by atoms with Gasteiger partial charge in [0.25, 0.3) is 5.56 Å². The number of urea groups is 1. The summed E-state index contributed by atoms with van der Waals surface area (Å²) < 4.78 is 1.83. The number of hydrogen-bond acceptors (Lipinski definition) is 9. The molecule has 4 amide bonds. The Kier molecular flexibility index (Phi) is 6.21. The highest BCUT2D eigenvalue weighted by molar-refractivity contribution is 6.20. The summed E-state index contributed by atoms with van der Waals surface area (Å²) in [5.41, 5.74) is -0.983. The highest BCUT2D eigenvalue weighted by Crippen LogP contribution is 2.47. The number of imide groups is 2. The van der Waals surface area contributed by atoms with Crippen molar-refractivity contribution in [2.75, 3.05) is 45.2 Å². The second-order valence-corrected chi connectivity index (χ2v) is 10.3. The van der Waals surface area contributed by atoms with Crippen molar-refractivity contribution in [1.82, 2.24) is 23.8 Å². The van der Waals surface area contributed by atoms with Crippen molar-refractivity contribution < 1.29 is 19.5 Å². The van der Waals surface area contributed by atoms with Crippen molar-refractivity contribution in [3.63, 3.8) is 0 Å². The van der Waals surface area contributed by atoms with Crippen LogP contribution in [-0.2, 0) is 30.1 Å². The van der Waals surface area contributed by atoms with Crippen LogP contribution in [-0.4, -0.2) is 99.3 Å². The minimum absolute atomic E-state index is 0.0803. The summed E-state index contributed by atoms with van der Waals surface area (Å²) in [4.78, 5) is 75.5. The van der Waals surface area contributed by atoms with E-state index in [-0.39, 0.29) is 12.0 Å². The van der Waals surface area contributed by atoms with Crippen molar-refractivity contribution in [3.05, 3.63) is 50.2 Å². The van der Waals surface area contributed by atoms with E-state index >= 15 is 0 Å². The molecule has 13 heteroatoms. The summed E-state index contributed by atoms with van der Waals surface area (Å²) in [6.45, 7) is 4.65. The van der Waals surface area contributed by atoms with Gasteiger partial charge >= 0.3 is 11.7 Å². The number of anilines is 1. The number of aliphatic imine (C=N–C) groups is 1. The van der Waals surface area contributed by atoms with Crippen LogP contribution in [0.2, 0.25) is 0 Å². The molecule has 2 fully saturated rings. The smallest absolute Gasteiger partial charge is 0.333 e. The van der Waals surface area contributed by atoms with Crippen molar-refractivity contribution in [3.8, 4) is 5.88 Å². The predicted octanol–water partition coefficient (Wildman–Crippen LogP) is -0.356. The molecule has 1 spiro atoms. The molecule has 3 aliphatic rings. The Labute approximate surface area is 224 Å². The molecular formula is C26H31N7O6. The van der Waals surface area contributed by atoms with Crippen molar-refractivity contribution >= 4 is 35.4 Å². The molecule has 2 saturated heterocycles. The Morgan fingerprint density at radius 2 is 1.67 bits per heavy atom. The first-order chi connectivity index (χ1) is 18.4. The Balaban J connectivity index is 1.61. The minimum Gasteiger partial charge on any atom is -0.494 e. The van der Waals surface area contributed by atoms with E-state index in [1.54, 1.807) is 12.1 Å². The van der Waals surface area contributed by atoms with Gasteiger partial charge in [0.05, 0.1) is 11.7 Å². The maximum absolute atomic E-state index is 13.8. The lowest BCUT2D eigenvalue weighted by Crippen LogP contribution is -2.74. The summed E-state index contributed by atoms with van der Waals surface area (Å²) in [5, 5.41) is 10.4. The SMILES string of the molecule is CCN1CCN2c3ccc(N=Cc4c(O)n(C)c(=O)n(C)c4=O)cc3CC3(C(=O)N(C)C(=O)N(C)C3=O)[C@@H]2C1. The zero-order valence-electron chi connectivity index (χ0n) is 22.5. The van der Waals surface area contributed by atoms with E-state index in [0.29, 0.717) is 24.3 Å². The van der Waals surface area contributed by atoms with E-state index in [1.165, 1.54) is 34.4 Å². The monoisotopic (exact) mass is 537 g/mol. The van der Waals surface area contributed by atoms with Gasteiger partial charge in [0.15, 0.2) is 5.41 Å². The molecule has 0 radical (unpaired) electrons.